The lowest BCUT2D eigenvalue weighted by molar-refractivity contribution is 0.174. The van der Waals surface area contributed by atoms with E-state index in [1.54, 1.807) is 6.26 Å². The molecule has 0 spiro atoms. The summed E-state index contributed by atoms with van der Waals surface area (Å²) in [5, 5.41) is 6.68. The second kappa shape index (κ2) is 9.16. The van der Waals surface area contributed by atoms with Crippen molar-refractivity contribution >= 4 is 29.9 Å². The summed E-state index contributed by atoms with van der Waals surface area (Å²) in [6.45, 7) is 8.76. The standard InChI is InChI=1S/C19H25N3O3.HI/c1-4-20-18(21-11-15-6-5-9-23-15)22-12-19(2,3)14-7-8-16-17(10-14)25-13-24-16;/h5-10H,4,11-13H2,1-3H3,(H2,20,21,22);1H. The Morgan fingerprint density at radius 1 is 1.15 bits per heavy atom. The smallest absolute Gasteiger partial charge is 0.231 e. The Balaban J connectivity index is 0.00000243. The van der Waals surface area contributed by atoms with Crippen molar-refractivity contribution in [1.82, 2.24) is 10.6 Å². The third kappa shape index (κ3) is 5.06. The Labute approximate surface area is 171 Å². The van der Waals surface area contributed by atoms with Gasteiger partial charge < -0.3 is 24.5 Å². The second-order valence-corrected chi connectivity index (χ2v) is 6.58. The van der Waals surface area contributed by atoms with Crippen LogP contribution >= 0.6 is 24.0 Å². The molecule has 0 amide bonds. The summed E-state index contributed by atoms with van der Waals surface area (Å²) in [6.07, 6.45) is 1.66. The molecule has 0 radical (unpaired) electrons. The van der Waals surface area contributed by atoms with E-state index >= 15 is 0 Å². The van der Waals surface area contributed by atoms with E-state index in [-0.39, 0.29) is 29.4 Å². The van der Waals surface area contributed by atoms with Gasteiger partial charge in [-0.3, -0.25) is 0 Å². The van der Waals surface area contributed by atoms with Gasteiger partial charge in [0.2, 0.25) is 6.79 Å². The molecule has 6 nitrogen and oxygen atoms in total. The Morgan fingerprint density at radius 3 is 2.69 bits per heavy atom. The largest absolute Gasteiger partial charge is 0.467 e. The van der Waals surface area contributed by atoms with Crippen LogP contribution in [0.4, 0.5) is 0 Å². The molecule has 0 atom stereocenters. The number of aliphatic imine (C=N–C) groups is 1. The maximum Gasteiger partial charge on any atom is 0.231 e. The monoisotopic (exact) mass is 471 g/mol. The lowest BCUT2D eigenvalue weighted by atomic mass is 9.84. The minimum absolute atomic E-state index is 0. The molecule has 0 unspecified atom stereocenters. The number of ether oxygens (including phenoxy) is 2. The van der Waals surface area contributed by atoms with Gasteiger partial charge in [-0.25, -0.2) is 4.99 Å². The molecule has 142 valence electrons. The van der Waals surface area contributed by atoms with Crippen LogP contribution in [0.15, 0.2) is 46.0 Å². The van der Waals surface area contributed by atoms with E-state index in [9.17, 15) is 0 Å². The minimum Gasteiger partial charge on any atom is -0.467 e. The van der Waals surface area contributed by atoms with Gasteiger partial charge in [-0.05, 0) is 36.8 Å². The average Bonchev–Trinajstić information content (AvgIpc) is 3.27. The van der Waals surface area contributed by atoms with E-state index in [2.05, 4.69) is 41.6 Å². The van der Waals surface area contributed by atoms with Crippen molar-refractivity contribution < 1.29 is 13.9 Å². The van der Waals surface area contributed by atoms with Crippen molar-refractivity contribution in [2.45, 2.75) is 32.7 Å². The molecular weight excluding hydrogens is 445 g/mol. The first-order chi connectivity index (χ1) is 12.1. The molecule has 7 heteroatoms. The summed E-state index contributed by atoms with van der Waals surface area (Å²) in [5.74, 6) is 3.23. The van der Waals surface area contributed by atoms with Gasteiger partial charge in [0.15, 0.2) is 17.5 Å². The van der Waals surface area contributed by atoms with Gasteiger partial charge in [0, 0.05) is 18.5 Å². The molecule has 2 N–H and O–H groups in total. The predicted molar refractivity (Wildman–Crippen MR) is 113 cm³/mol. The Kier molecular flexibility index (Phi) is 7.19. The molecular formula is C19H26IN3O3. The maximum atomic E-state index is 5.49. The molecule has 1 aliphatic heterocycles. The summed E-state index contributed by atoms with van der Waals surface area (Å²) >= 11 is 0. The molecule has 0 bridgehead atoms. The van der Waals surface area contributed by atoms with Crippen LogP contribution in [-0.2, 0) is 12.0 Å². The van der Waals surface area contributed by atoms with Crippen molar-refractivity contribution in [3.63, 3.8) is 0 Å². The Hall–Kier alpha value is -1.90. The predicted octanol–water partition coefficient (Wildman–Crippen LogP) is 3.66. The number of hydrogen-bond donors (Lipinski definition) is 2. The molecule has 26 heavy (non-hydrogen) atoms. The average molecular weight is 471 g/mol. The highest BCUT2D eigenvalue weighted by Crippen LogP contribution is 2.36. The van der Waals surface area contributed by atoms with E-state index in [1.807, 2.05) is 25.1 Å². The topological polar surface area (TPSA) is 68.0 Å². The van der Waals surface area contributed by atoms with Crippen LogP contribution in [0, 0.1) is 0 Å². The Bertz CT molecular complexity index is 730. The lowest BCUT2D eigenvalue weighted by Gasteiger charge is -2.27. The van der Waals surface area contributed by atoms with E-state index < -0.39 is 0 Å². The molecule has 0 saturated heterocycles. The summed E-state index contributed by atoms with van der Waals surface area (Å²) in [6, 6.07) is 9.90. The van der Waals surface area contributed by atoms with E-state index in [4.69, 9.17) is 13.9 Å². The highest BCUT2D eigenvalue weighted by Gasteiger charge is 2.24. The fourth-order valence-electron chi connectivity index (χ4n) is 2.63. The van der Waals surface area contributed by atoms with Gasteiger partial charge in [0.25, 0.3) is 0 Å². The van der Waals surface area contributed by atoms with Crippen LogP contribution in [-0.4, -0.2) is 25.8 Å². The summed E-state index contributed by atoms with van der Waals surface area (Å²) in [7, 11) is 0. The zero-order valence-corrected chi connectivity index (χ0v) is 17.7. The van der Waals surface area contributed by atoms with Crippen molar-refractivity contribution in [2.75, 3.05) is 19.9 Å². The van der Waals surface area contributed by atoms with Crippen molar-refractivity contribution in [3.05, 3.63) is 47.9 Å². The molecule has 1 aromatic carbocycles. The zero-order valence-electron chi connectivity index (χ0n) is 15.4. The van der Waals surface area contributed by atoms with Crippen molar-refractivity contribution in [3.8, 4) is 11.5 Å². The van der Waals surface area contributed by atoms with Crippen LogP contribution < -0.4 is 20.1 Å². The molecule has 0 saturated carbocycles. The number of rotatable bonds is 6. The fourth-order valence-corrected chi connectivity index (χ4v) is 2.63. The molecule has 0 aliphatic carbocycles. The number of benzene rings is 1. The molecule has 1 aliphatic rings. The minimum atomic E-state index is -0.0954. The van der Waals surface area contributed by atoms with Gasteiger partial charge in [0.1, 0.15) is 12.3 Å². The van der Waals surface area contributed by atoms with Crippen LogP contribution in [0.3, 0.4) is 0 Å². The van der Waals surface area contributed by atoms with Gasteiger partial charge in [-0.15, -0.1) is 24.0 Å². The highest BCUT2D eigenvalue weighted by molar-refractivity contribution is 14.0. The van der Waals surface area contributed by atoms with Gasteiger partial charge in [0.05, 0.1) is 6.26 Å². The van der Waals surface area contributed by atoms with Gasteiger partial charge >= 0.3 is 0 Å². The first kappa shape index (κ1) is 20.4. The van der Waals surface area contributed by atoms with E-state index in [1.165, 1.54) is 5.56 Å². The van der Waals surface area contributed by atoms with Crippen LogP contribution in [0.2, 0.25) is 0 Å². The molecule has 3 rings (SSSR count). The molecule has 2 heterocycles. The molecule has 1 aromatic heterocycles. The van der Waals surface area contributed by atoms with E-state index in [0.717, 1.165) is 36.3 Å². The third-order valence-corrected chi connectivity index (χ3v) is 4.17. The number of halogens is 1. The van der Waals surface area contributed by atoms with Gasteiger partial charge in [-0.1, -0.05) is 19.9 Å². The van der Waals surface area contributed by atoms with Crippen molar-refractivity contribution in [1.29, 1.82) is 0 Å². The normalized spacial score (nSPS) is 13.3. The first-order valence-electron chi connectivity index (χ1n) is 8.53. The zero-order chi connectivity index (χ0) is 17.7. The first-order valence-corrected chi connectivity index (χ1v) is 8.53. The van der Waals surface area contributed by atoms with Crippen LogP contribution in [0.25, 0.3) is 0 Å². The molecule has 0 fully saturated rings. The highest BCUT2D eigenvalue weighted by atomic mass is 127. The number of fused-ring (bicyclic) bond motifs is 1. The SMILES string of the molecule is CCNC(=NCc1ccco1)NCC(C)(C)c1ccc2c(c1)OCO2.I. The fraction of sp³-hybridized carbons (Fsp3) is 0.421. The number of nitrogens with one attached hydrogen (secondary N) is 2. The summed E-state index contributed by atoms with van der Waals surface area (Å²) in [5.41, 5.74) is 1.09. The number of hydrogen-bond acceptors (Lipinski definition) is 4. The second-order valence-electron chi connectivity index (χ2n) is 6.58. The Morgan fingerprint density at radius 2 is 1.96 bits per heavy atom. The van der Waals surface area contributed by atoms with Gasteiger partial charge in [-0.2, -0.15) is 0 Å². The van der Waals surface area contributed by atoms with Crippen LogP contribution in [0.1, 0.15) is 32.1 Å². The summed E-state index contributed by atoms with van der Waals surface area (Å²) < 4.78 is 16.2. The van der Waals surface area contributed by atoms with E-state index in [0.29, 0.717) is 13.3 Å². The van der Waals surface area contributed by atoms with Crippen molar-refractivity contribution in [2.24, 2.45) is 4.99 Å². The summed E-state index contributed by atoms with van der Waals surface area (Å²) in [4.78, 5) is 4.57. The lowest BCUT2D eigenvalue weighted by Crippen LogP contribution is -2.43. The van der Waals surface area contributed by atoms with Crippen LogP contribution in [0.5, 0.6) is 11.5 Å². The molecule has 2 aromatic rings. The number of guanidine groups is 1. The number of nitrogens with zero attached hydrogens (tertiary/aromatic N) is 1. The third-order valence-electron chi connectivity index (χ3n) is 4.17. The number of furan rings is 1. The quantitative estimate of drug-likeness (QED) is 0.383. The maximum absolute atomic E-state index is 5.49.